The van der Waals surface area contributed by atoms with Crippen molar-refractivity contribution in [3.63, 3.8) is 0 Å². The number of carboxylic acid groups (broad SMARTS) is 1. The first-order valence-corrected chi connectivity index (χ1v) is 7.96. The molecule has 0 radical (unpaired) electrons. The number of hydrogen-bond donors (Lipinski definition) is 2. The van der Waals surface area contributed by atoms with Gasteiger partial charge in [0.25, 0.3) is 5.91 Å². The van der Waals surface area contributed by atoms with Crippen LogP contribution in [0, 0.1) is 13.8 Å². The Labute approximate surface area is 144 Å². The van der Waals surface area contributed by atoms with Gasteiger partial charge in [-0.1, -0.05) is 18.2 Å². The van der Waals surface area contributed by atoms with E-state index in [0.29, 0.717) is 11.3 Å². The molecule has 130 valence electrons. The minimum absolute atomic E-state index is 0.149. The third kappa shape index (κ3) is 3.15. The van der Waals surface area contributed by atoms with Crippen molar-refractivity contribution in [3.8, 4) is 0 Å². The molecule has 0 bridgehead atoms. The lowest BCUT2D eigenvalue weighted by Gasteiger charge is -2.13. The molecule has 2 aromatic heterocycles. The summed E-state index contributed by atoms with van der Waals surface area (Å²) in [7, 11) is 0. The van der Waals surface area contributed by atoms with Crippen molar-refractivity contribution in [2.24, 2.45) is 0 Å². The molecule has 1 aromatic carbocycles. The Bertz CT molecular complexity index is 950. The molecule has 6 heteroatoms. The number of carbonyl (C=O) groups excluding carboxylic acids is 1. The third-order valence-electron chi connectivity index (χ3n) is 4.21. The number of nitrogens with one attached hydrogen (secondary N) is 1. The predicted molar refractivity (Wildman–Crippen MR) is 91.6 cm³/mol. The standard InChI is InChI=1S/C19H19NO5/c1-10-9-24-15(8-16(21)22)17(10)19(23)20-12(3)18-11(2)13-6-4-5-7-14(13)25-18/h4-7,9,12H,8H2,1-3H3,(H,20,23)(H,21,22)/t12-/m1/s1. The SMILES string of the molecule is Cc1coc(CC(=O)O)c1C(=O)N[C@H](C)c1oc2ccccc2c1C. The number of aryl methyl sites for hydroxylation is 2. The molecule has 6 nitrogen and oxygen atoms in total. The van der Waals surface area contributed by atoms with Gasteiger partial charge in [0.05, 0.1) is 17.9 Å². The van der Waals surface area contributed by atoms with Gasteiger partial charge in [-0.25, -0.2) is 0 Å². The van der Waals surface area contributed by atoms with Crippen LogP contribution in [0.25, 0.3) is 11.0 Å². The first-order chi connectivity index (χ1) is 11.9. The van der Waals surface area contributed by atoms with E-state index in [1.54, 1.807) is 6.92 Å². The van der Waals surface area contributed by atoms with Crippen molar-refractivity contribution < 1.29 is 23.5 Å². The highest BCUT2D eigenvalue weighted by molar-refractivity contribution is 5.97. The summed E-state index contributed by atoms with van der Waals surface area (Å²) >= 11 is 0. The van der Waals surface area contributed by atoms with Crippen LogP contribution in [-0.2, 0) is 11.2 Å². The number of furan rings is 2. The molecule has 2 heterocycles. The largest absolute Gasteiger partial charge is 0.481 e. The summed E-state index contributed by atoms with van der Waals surface area (Å²) in [6.45, 7) is 5.48. The number of aliphatic carboxylic acids is 1. The van der Waals surface area contributed by atoms with Crippen LogP contribution in [0.4, 0.5) is 0 Å². The van der Waals surface area contributed by atoms with Gasteiger partial charge >= 0.3 is 5.97 Å². The molecule has 0 saturated heterocycles. The smallest absolute Gasteiger partial charge is 0.311 e. The van der Waals surface area contributed by atoms with E-state index in [-0.39, 0.29) is 29.7 Å². The Morgan fingerprint density at radius 2 is 1.96 bits per heavy atom. The van der Waals surface area contributed by atoms with Crippen molar-refractivity contribution in [2.75, 3.05) is 0 Å². The van der Waals surface area contributed by atoms with E-state index in [4.69, 9.17) is 13.9 Å². The monoisotopic (exact) mass is 341 g/mol. The molecule has 0 unspecified atom stereocenters. The summed E-state index contributed by atoms with van der Waals surface area (Å²) in [5.74, 6) is -0.606. The van der Waals surface area contributed by atoms with Gasteiger partial charge in [0.2, 0.25) is 0 Å². The molecule has 3 aromatic rings. The maximum atomic E-state index is 12.6. The highest BCUT2D eigenvalue weighted by Gasteiger charge is 2.24. The number of fused-ring (bicyclic) bond motifs is 1. The highest BCUT2D eigenvalue weighted by atomic mass is 16.4. The lowest BCUT2D eigenvalue weighted by molar-refractivity contribution is -0.136. The fourth-order valence-electron chi connectivity index (χ4n) is 3.01. The van der Waals surface area contributed by atoms with Crippen molar-refractivity contribution in [1.29, 1.82) is 0 Å². The average molecular weight is 341 g/mol. The first-order valence-electron chi connectivity index (χ1n) is 7.96. The minimum Gasteiger partial charge on any atom is -0.481 e. The number of carboxylic acids is 1. The van der Waals surface area contributed by atoms with E-state index in [0.717, 1.165) is 16.5 Å². The van der Waals surface area contributed by atoms with Crippen LogP contribution in [0.1, 0.15) is 46.0 Å². The lowest BCUT2D eigenvalue weighted by atomic mass is 10.1. The molecule has 1 atom stereocenters. The van der Waals surface area contributed by atoms with Gasteiger partial charge in [0.15, 0.2) is 0 Å². The van der Waals surface area contributed by atoms with Crippen LogP contribution in [0.15, 0.2) is 39.4 Å². The number of benzene rings is 1. The highest BCUT2D eigenvalue weighted by Crippen LogP contribution is 2.29. The van der Waals surface area contributed by atoms with Gasteiger partial charge < -0.3 is 19.3 Å². The molecule has 0 aliphatic rings. The summed E-state index contributed by atoms with van der Waals surface area (Å²) in [4.78, 5) is 23.6. The predicted octanol–water partition coefficient (Wildman–Crippen LogP) is 3.76. The normalized spacial score (nSPS) is 12.3. The summed E-state index contributed by atoms with van der Waals surface area (Å²) in [5, 5.41) is 12.8. The van der Waals surface area contributed by atoms with E-state index in [9.17, 15) is 9.59 Å². The van der Waals surface area contributed by atoms with Crippen LogP contribution < -0.4 is 5.32 Å². The summed E-state index contributed by atoms with van der Waals surface area (Å²) in [5.41, 5.74) is 2.60. The molecule has 25 heavy (non-hydrogen) atoms. The van der Waals surface area contributed by atoms with Crippen LogP contribution in [0.5, 0.6) is 0 Å². The third-order valence-corrected chi connectivity index (χ3v) is 4.21. The van der Waals surface area contributed by atoms with E-state index in [1.807, 2.05) is 38.1 Å². The van der Waals surface area contributed by atoms with Crippen molar-refractivity contribution in [1.82, 2.24) is 5.32 Å². The summed E-state index contributed by atoms with van der Waals surface area (Å²) < 4.78 is 11.1. The van der Waals surface area contributed by atoms with Crippen molar-refractivity contribution in [2.45, 2.75) is 33.2 Å². The Morgan fingerprint density at radius 1 is 1.24 bits per heavy atom. The van der Waals surface area contributed by atoms with Crippen molar-refractivity contribution >= 4 is 22.8 Å². The molecule has 0 aliphatic heterocycles. The van der Waals surface area contributed by atoms with E-state index in [2.05, 4.69) is 5.32 Å². The molecule has 1 amide bonds. The van der Waals surface area contributed by atoms with Crippen LogP contribution in [0.3, 0.4) is 0 Å². The molecule has 2 N–H and O–H groups in total. The van der Waals surface area contributed by atoms with Crippen molar-refractivity contribution in [3.05, 3.63) is 58.7 Å². The summed E-state index contributed by atoms with van der Waals surface area (Å²) in [6, 6.07) is 7.31. The zero-order chi connectivity index (χ0) is 18.1. The number of para-hydroxylation sites is 1. The Morgan fingerprint density at radius 3 is 2.64 bits per heavy atom. The first kappa shape index (κ1) is 16.8. The Balaban J connectivity index is 1.86. The fourth-order valence-corrected chi connectivity index (χ4v) is 3.01. The second kappa shape index (κ2) is 6.47. The van der Waals surface area contributed by atoms with Crippen LogP contribution in [-0.4, -0.2) is 17.0 Å². The fraction of sp³-hybridized carbons (Fsp3) is 0.263. The lowest BCUT2D eigenvalue weighted by Crippen LogP contribution is -2.28. The topological polar surface area (TPSA) is 92.7 Å². The van der Waals surface area contributed by atoms with Gasteiger partial charge in [-0.15, -0.1) is 0 Å². The molecule has 3 rings (SSSR count). The molecular weight excluding hydrogens is 322 g/mol. The second-order valence-electron chi connectivity index (χ2n) is 6.07. The second-order valence-corrected chi connectivity index (χ2v) is 6.07. The Kier molecular flexibility index (Phi) is 4.35. The molecular formula is C19H19NO5. The van der Waals surface area contributed by atoms with Gasteiger partial charge in [-0.2, -0.15) is 0 Å². The zero-order valence-corrected chi connectivity index (χ0v) is 14.3. The number of hydrogen-bond acceptors (Lipinski definition) is 4. The number of rotatable bonds is 5. The Hall–Kier alpha value is -3.02. The van der Waals surface area contributed by atoms with Gasteiger partial charge in [-0.05, 0) is 26.8 Å². The van der Waals surface area contributed by atoms with Gasteiger partial charge in [0, 0.05) is 16.5 Å². The maximum Gasteiger partial charge on any atom is 0.311 e. The quantitative estimate of drug-likeness (QED) is 0.737. The summed E-state index contributed by atoms with van der Waals surface area (Å²) in [6.07, 6.45) is 1.05. The van der Waals surface area contributed by atoms with E-state index in [1.165, 1.54) is 6.26 Å². The maximum absolute atomic E-state index is 12.6. The van der Waals surface area contributed by atoms with E-state index >= 15 is 0 Å². The number of amides is 1. The minimum atomic E-state index is -1.05. The van der Waals surface area contributed by atoms with Gasteiger partial charge in [-0.3, -0.25) is 9.59 Å². The molecule has 0 saturated carbocycles. The van der Waals surface area contributed by atoms with Crippen LogP contribution in [0.2, 0.25) is 0 Å². The van der Waals surface area contributed by atoms with Crippen LogP contribution >= 0.6 is 0 Å². The number of carbonyl (C=O) groups is 2. The molecule has 0 aliphatic carbocycles. The molecule has 0 spiro atoms. The zero-order valence-electron chi connectivity index (χ0n) is 14.3. The van der Waals surface area contributed by atoms with E-state index < -0.39 is 5.97 Å². The average Bonchev–Trinajstić information content (AvgIpc) is 3.08. The van der Waals surface area contributed by atoms with Gasteiger partial charge in [0.1, 0.15) is 23.5 Å². The molecule has 0 fully saturated rings.